The van der Waals surface area contributed by atoms with Crippen LogP contribution in [0.25, 0.3) is 0 Å². The normalized spacial score (nSPS) is 11.3. The molecule has 2 aromatic carbocycles. The van der Waals surface area contributed by atoms with Crippen LogP contribution in [0.4, 0.5) is 14.5 Å². The van der Waals surface area contributed by atoms with Gasteiger partial charge in [0.1, 0.15) is 23.1 Å². The number of aryl methyl sites for hydroxylation is 1. The van der Waals surface area contributed by atoms with E-state index in [1.807, 2.05) is 6.92 Å². The second kappa shape index (κ2) is 8.92. The zero-order valence-corrected chi connectivity index (χ0v) is 15.7. The molecule has 0 radical (unpaired) electrons. The van der Waals surface area contributed by atoms with Gasteiger partial charge in [0, 0.05) is 6.54 Å². The van der Waals surface area contributed by atoms with Gasteiger partial charge in [-0.1, -0.05) is 13.0 Å². The predicted octanol–water partition coefficient (Wildman–Crippen LogP) is 2.98. The van der Waals surface area contributed by atoms with Crippen LogP contribution in [0.2, 0.25) is 0 Å². The molecule has 0 aliphatic carbocycles. The zero-order valence-electron chi connectivity index (χ0n) is 14.9. The average Bonchev–Trinajstić information content (AvgIpc) is 2.62. The minimum absolute atomic E-state index is 0.0821. The second-order valence-electron chi connectivity index (χ2n) is 5.76. The van der Waals surface area contributed by atoms with Gasteiger partial charge in [-0.25, -0.2) is 21.9 Å². The molecule has 0 unspecified atom stereocenters. The molecule has 6 nitrogen and oxygen atoms in total. The van der Waals surface area contributed by atoms with E-state index in [2.05, 4.69) is 10.0 Å². The second-order valence-corrected chi connectivity index (χ2v) is 7.53. The number of halogens is 2. The number of carbonyl (C=O) groups excluding carboxylic acids is 1. The Labute approximate surface area is 156 Å². The molecule has 9 heteroatoms. The molecule has 0 saturated carbocycles. The third-order valence-corrected chi connectivity index (χ3v) is 5.04. The van der Waals surface area contributed by atoms with Crippen LogP contribution in [0.5, 0.6) is 5.75 Å². The number of benzene rings is 2. The molecule has 0 aromatic heterocycles. The molecule has 2 aromatic rings. The van der Waals surface area contributed by atoms with Gasteiger partial charge in [-0.15, -0.1) is 0 Å². The van der Waals surface area contributed by atoms with Gasteiger partial charge in [-0.05, 0) is 49.2 Å². The molecule has 0 spiro atoms. The van der Waals surface area contributed by atoms with Crippen LogP contribution in [0.3, 0.4) is 0 Å². The van der Waals surface area contributed by atoms with Crippen LogP contribution < -0.4 is 14.8 Å². The summed E-state index contributed by atoms with van der Waals surface area (Å²) in [6, 6.07) is 7.43. The van der Waals surface area contributed by atoms with Crippen LogP contribution in [-0.2, 0) is 14.8 Å². The van der Waals surface area contributed by atoms with Crippen molar-refractivity contribution in [2.24, 2.45) is 0 Å². The van der Waals surface area contributed by atoms with Gasteiger partial charge in [-0.3, -0.25) is 4.79 Å². The van der Waals surface area contributed by atoms with Gasteiger partial charge >= 0.3 is 0 Å². The molecule has 0 heterocycles. The average molecular weight is 398 g/mol. The lowest BCUT2D eigenvalue weighted by Crippen LogP contribution is -2.24. The highest BCUT2D eigenvalue weighted by atomic mass is 32.2. The van der Waals surface area contributed by atoms with Crippen LogP contribution in [0, 0.1) is 18.6 Å². The van der Waals surface area contributed by atoms with Crippen molar-refractivity contribution < 1.29 is 26.7 Å². The lowest BCUT2D eigenvalue weighted by Gasteiger charge is -2.12. The van der Waals surface area contributed by atoms with E-state index in [1.54, 1.807) is 6.92 Å². The van der Waals surface area contributed by atoms with Gasteiger partial charge in [-0.2, -0.15) is 0 Å². The SMILES string of the molecule is CCCNS(=O)(=O)c1ccc(OCC(=O)Nc2c(F)cccc2F)c(C)c1. The number of hydrogen-bond acceptors (Lipinski definition) is 4. The van der Waals surface area contributed by atoms with E-state index in [-0.39, 0.29) is 10.6 Å². The van der Waals surface area contributed by atoms with Crippen molar-refractivity contribution in [1.29, 1.82) is 0 Å². The Hall–Kier alpha value is -2.52. The summed E-state index contributed by atoms with van der Waals surface area (Å²) >= 11 is 0. The number of amides is 1. The Morgan fingerprint density at radius 2 is 1.81 bits per heavy atom. The summed E-state index contributed by atoms with van der Waals surface area (Å²) in [5.41, 5.74) is -0.0505. The van der Waals surface area contributed by atoms with E-state index < -0.39 is 39.9 Å². The minimum Gasteiger partial charge on any atom is -0.483 e. The summed E-state index contributed by atoms with van der Waals surface area (Å²) in [7, 11) is -3.61. The molecule has 27 heavy (non-hydrogen) atoms. The highest BCUT2D eigenvalue weighted by molar-refractivity contribution is 7.89. The van der Waals surface area contributed by atoms with Crippen molar-refractivity contribution in [3.8, 4) is 5.75 Å². The number of rotatable bonds is 8. The Kier molecular flexibility index (Phi) is 6.86. The summed E-state index contributed by atoms with van der Waals surface area (Å²) in [5, 5.41) is 2.11. The molecule has 0 fully saturated rings. The van der Waals surface area contributed by atoms with E-state index in [9.17, 15) is 22.0 Å². The van der Waals surface area contributed by atoms with Gasteiger partial charge in [0.15, 0.2) is 6.61 Å². The number of carbonyl (C=O) groups is 1. The smallest absolute Gasteiger partial charge is 0.262 e. The molecule has 0 bridgehead atoms. The lowest BCUT2D eigenvalue weighted by molar-refractivity contribution is -0.118. The van der Waals surface area contributed by atoms with Crippen molar-refractivity contribution in [2.75, 3.05) is 18.5 Å². The molecule has 0 atom stereocenters. The highest BCUT2D eigenvalue weighted by Crippen LogP contribution is 2.22. The fourth-order valence-corrected chi connectivity index (χ4v) is 3.43. The highest BCUT2D eigenvalue weighted by Gasteiger charge is 2.16. The fraction of sp³-hybridized carbons (Fsp3) is 0.278. The molecule has 0 aliphatic rings. The first-order valence-corrected chi connectivity index (χ1v) is 9.70. The Balaban J connectivity index is 2.03. The molecule has 0 aliphatic heterocycles. The summed E-state index contributed by atoms with van der Waals surface area (Å²) in [5.74, 6) is -2.25. The van der Waals surface area contributed by atoms with E-state index in [0.29, 0.717) is 18.5 Å². The largest absolute Gasteiger partial charge is 0.483 e. The summed E-state index contributed by atoms with van der Waals surface area (Å²) in [4.78, 5) is 12.0. The molecular formula is C18H20F2N2O4S. The zero-order chi connectivity index (χ0) is 20.0. The Bertz CT molecular complexity index is 913. The molecule has 2 rings (SSSR count). The maximum absolute atomic E-state index is 13.5. The van der Waals surface area contributed by atoms with Crippen LogP contribution in [-0.4, -0.2) is 27.5 Å². The molecule has 0 saturated heterocycles. The van der Waals surface area contributed by atoms with Crippen molar-refractivity contribution >= 4 is 21.6 Å². The van der Waals surface area contributed by atoms with E-state index in [0.717, 1.165) is 12.1 Å². The standard InChI is InChI=1S/C18H20F2N2O4S/c1-3-9-21-27(24,25)13-7-8-16(12(2)10-13)26-11-17(23)22-18-14(19)5-4-6-15(18)20/h4-8,10,21H,3,9,11H2,1-2H3,(H,22,23). The van der Waals surface area contributed by atoms with Crippen LogP contribution >= 0.6 is 0 Å². The molecule has 1 amide bonds. The Morgan fingerprint density at radius 1 is 1.15 bits per heavy atom. The third kappa shape index (κ3) is 5.48. The van der Waals surface area contributed by atoms with E-state index in [4.69, 9.17) is 4.74 Å². The lowest BCUT2D eigenvalue weighted by atomic mass is 10.2. The van der Waals surface area contributed by atoms with Crippen molar-refractivity contribution in [3.63, 3.8) is 0 Å². The quantitative estimate of drug-likeness (QED) is 0.716. The minimum atomic E-state index is -3.61. The van der Waals surface area contributed by atoms with Crippen LogP contribution in [0.1, 0.15) is 18.9 Å². The first-order valence-electron chi connectivity index (χ1n) is 8.21. The summed E-state index contributed by atoms with van der Waals surface area (Å²) in [6.45, 7) is 3.31. The molecule has 146 valence electrons. The van der Waals surface area contributed by atoms with Crippen LogP contribution in [0.15, 0.2) is 41.3 Å². The topological polar surface area (TPSA) is 84.5 Å². The summed E-state index contributed by atoms with van der Waals surface area (Å²) < 4.78 is 59.0. The molecular weight excluding hydrogens is 378 g/mol. The number of sulfonamides is 1. The fourth-order valence-electron chi connectivity index (χ4n) is 2.21. The third-order valence-electron chi connectivity index (χ3n) is 3.58. The number of nitrogens with one attached hydrogen (secondary N) is 2. The number of anilines is 1. The van der Waals surface area contributed by atoms with Crippen molar-refractivity contribution in [3.05, 3.63) is 53.6 Å². The van der Waals surface area contributed by atoms with Gasteiger partial charge < -0.3 is 10.1 Å². The van der Waals surface area contributed by atoms with Crippen molar-refractivity contribution in [1.82, 2.24) is 4.72 Å². The number of hydrogen-bond donors (Lipinski definition) is 2. The number of ether oxygens (including phenoxy) is 1. The van der Waals surface area contributed by atoms with Crippen molar-refractivity contribution in [2.45, 2.75) is 25.2 Å². The van der Waals surface area contributed by atoms with E-state index in [1.165, 1.54) is 24.3 Å². The van der Waals surface area contributed by atoms with E-state index >= 15 is 0 Å². The first kappa shape index (κ1) is 20.8. The Morgan fingerprint density at radius 3 is 2.41 bits per heavy atom. The number of para-hydroxylation sites is 1. The predicted molar refractivity (Wildman–Crippen MR) is 97.1 cm³/mol. The maximum atomic E-state index is 13.5. The molecule has 2 N–H and O–H groups in total. The van der Waals surface area contributed by atoms with Gasteiger partial charge in [0.25, 0.3) is 5.91 Å². The van der Waals surface area contributed by atoms with Gasteiger partial charge in [0.2, 0.25) is 10.0 Å². The monoisotopic (exact) mass is 398 g/mol. The van der Waals surface area contributed by atoms with Gasteiger partial charge in [0.05, 0.1) is 4.90 Å². The first-order chi connectivity index (χ1) is 12.7. The maximum Gasteiger partial charge on any atom is 0.262 e. The summed E-state index contributed by atoms with van der Waals surface area (Å²) in [6.07, 6.45) is 0.664.